The zero-order chi connectivity index (χ0) is 27.7. The lowest BCUT2D eigenvalue weighted by atomic mass is 9.85. The average Bonchev–Trinajstić information content (AvgIpc) is 3.57. The molecule has 0 radical (unpaired) electrons. The Morgan fingerprint density at radius 3 is 2.59 bits per heavy atom. The minimum absolute atomic E-state index is 0.0995. The maximum Gasteiger partial charge on any atom is 0.230 e. The fraction of sp³-hybridized carbons (Fsp3) is 0.0645. The first-order valence-electron chi connectivity index (χ1n) is 13.0. The second-order valence-electron chi connectivity index (χ2n) is 9.90. The van der Waals surface area contributed by atoms with Crippen molar-refractivity contribution in [1.29, 1.82) is 0 Å². The molecule has 41 heavy (non-hydrogen) atoms. The zero-order valence-electron chi connectivity index (χ0n) is 21.6. The molecule has 3 aromatic carbocycles. The van der Waals surface area contributed by atoms with Crippen LogP contribution in [0.25, 0.3) is 33.5 Å². The Balaban J connectivity index is 1.36. The summed E-state index contributed by atoms with van der Waals surface area (Å²) in [6.45, 7) is 1.95. The summed E-state index contributed by atoms with van der Waals surface area (Å²) in [6.07, 6.45) is 5.14. The molecule has 9 nitrogen and oxygen atoms in total. The van der Waals surface area contributed by atoms with Crippen LogP contribution in [0.5, 0.6) is 17.5 Å². The lowest BCUT2D eigenvalue weighted by Crippen LogP contribution is -2.16. The first kappa shape index (κ1) is 23.6. The number of rotatable bonds is 3. The third-order valence-corrected chi connectivity index (χ3v) is 7.63. The van der Waals surface area contributed by atoms with Crippen molar-refractivity contribution in [2.75, 3.05) is 0 Å². The maximum atomic E-state index is 10.9. The van der Waals surface area contributed by atoms with Crippen molar-refractivity contribution >= 4 is 28.0 Å². The summed E-state index contributed by atoms with van der Waals surface area (Å²) in [5.74, 6) is 1.08. The van der Waals surface area contributed by atoms with Gasteiger partial charge in [-0.1, -0.05) is 48.0 Å². The van der Waals surface area contributed by atoms with Gasteiger partial charge in [0.25, 0.3) is 0 Å². The van der Waals surface area contributed by atoms with Gasteiger partial charge in [-0.3, -0.25) is 4.98 Å². The fourth-order valence-electron chi connectivity index (χ4n) is 5.56. The molecule has 1 aliphatic heterocycles. The quantitative estimate of drug-likeness (QED) is 0.265. The van der Waals surface area contributed by atoms with Crippen molar-refractivity contribution in [1.82, 2.24) is 34.3 Å². The number of hydrogen-bond donors (Lipinski definition) is 1. The predicted octanol–water partition coefficient (Wildman–Crippen LogP) is 6.48. The molecule has 10 heteroatoms. The van der Waals surface area contributed by atoms with E-state index >= 15 is 0 Å². The topological polar surface area (TPSA) is 103 Å². The van der Waals surface area contributed by atoms with Gasteiger partial charge in [-0.25, -0.2) is 19.2 Å². The Kier molecular flexibility index (Phi) is 5.10. The second-order valence-corrected chi connectivity index (χ2v) is 10.3. The van der Waals surface area contributed by atoms with Gasteiger partial charge in [0.2, 0.25) is 11.8 Å². The minimum atomic E-state index is -0.339. The molecule has 0 saturated carbocycles. The molecule has 8 rings (SSSR count). The number of halogens is 1. The van der Waals surface area contributed by atoms with E-state index in [0.29, 0.717) is 33.8 Å². The number of phenolic OH excluding ortho intramolecular Hbond substituents is 1. The van der Waals surface area contributed by atoms with Crippen LogP contribution in [0, 0.1) is 6.92 Å². The number of aryl methyl sites for hydroxylation is 1. The van der Waals surface area contributed by atoms with Crippen molar-refractivity contribution in [2.24, 2.45) is 0 Å². The molecule has 1 atom stereocenters. The van der Waals surface area contributed by atoms with Gasteiger partial charge in [-0.15, -0.1) is 5.10 Å². The fourth-order valence-corrected chi connectivity index (χ4v) is 5.75. The van der Waals surface area contributed by atoms with E-state index in [4.69, 9.17) is 31.5 Å². The van der Waals surface area contributed by atoms with Gasteiger partial charge >= 0.3 is 0 Å². The average molecular weight is 558 g/mol. The Morgan fingerprint density at radius 2 is 1.78 bits per heavy atom. The van der Waals surface area contributed by atoms with Gasteiger partial charge in [-0.05, 0) is 59.7 Å². The molecule has 0 spiro atoms. The number of fused-ring (bicyclic) bond motifs is 5. The van der Waals surface area contributed by atoms with Crippen LogP contribution < -0.4 is 4.74 Å². The zero-order valence-corrected chi connectivity index (χ0v) is 22.4. The molecule has 0 bridgehead atoms. The Hall–Kier alpha value is -5.28. The smallest absolute Gasteiger partial charge is 0.230 e. The molecule has 0 unspecified atom stereocenters. The summed E-state index contributed by atoms with van der Waals surface area (Å²) in [4.78, 5) is 14.0. The summed E-state index contributed by atoms with van der Waals surface area (Å²) in [5, 5.41) is 22.9. The van der Waals surface area contributed by atoms with Crippen molar-refractivity contribution < 1.29 is 9.84 Å². The van der Waals surface area contributed by atoms with Gasteiger partial charge < -0.3 is 9.84 Å². The molecule has 0 amide bonds. The summed E-state index contributed by atoms with van der Waals surface area (Å²) < 4.78 is 9.84. The summed E-state index contributed by atoms with van der Waals surface area (Å²) in [6, 6.07) is 22.8. The molecule has 0 fully saturated rings. The molecular weight excluding hydrogens is 538 g/mol. The lowest BCUT2D eigenvalue weighted by Gasteiger charge is -2.26. The van der Waals surface area contributed by atoms with Crippen LogP contribution in [-0.4, -0.2) is 39.5 Å². The summed E-state index contributed by atoms with van der Waals surface area (Å²) >= 11 is 6.31. The van der Waals surface area contributed by atoms with Crippen LogP contribution in [0.1, 0.15) is 28.3 Å². The standard InChI is InChI=1S/C31H20ClN7O2/c1-17-25-26(20-8-5-11-33-15-20)27-29-35-28(23-12-18-6-2-3-7-19(18)13-24(23)40)37-38(29)16-34-30(27)41-31(25)39(36-17)22-10-4-9-21(32)14-22/h2-16,26,40H,1H3/t26-/m0/s1. The number of aromatic nitrogens is 7. The molecule has 1 aliphatic rings. The van der Waals surface area contributed by atoms with Crippen LogP contribution in [0.2, 0.25) is 5.02 Å². The van der Waals surface area contributed by atoms with Gasteiger partial charge in [0.1, 0.15) is 12.1 Å². The van der Waals surface area contributed by atoms with Crippen molar-refractivity contribution in [3.63, 3.8) is 0 Å². The van der Waals surface area contributed by atoms with Crippen LogP contribution in [0.3, 0.4) is 0 Å². The molecule has 7 aromatic rings. The van der Waals surface area contributed by atoms with Crippen LogP contribution >= 0.6 is 11.6 Å². The third kappa shape index (κ3) is 3.66. The van der Waals surface area contributed by atoms with Crippen LogP contribution in [0.15, 0.2) is 91.5 Å². The monoisotopic (exact) mass is 557 g/mol. The maximum absolute atomic E-state index is 10.9. The van der Waals surface area contributed by atoms with Gasteiger partial charge in [0.05, 0.1) is 34.0 Å². The molecule has 0 aliphatic carbocycles. The molecule has 5 heterocycles. The highest BCUT2D eigenvalue weighted by Gasteiger charge is 2.38. The summed E-state index contributed by atoms with van der Waals surface area (Å²) in [7, 11) is 0. The van der Waals surface area contributed by atoms with E-state index in [9.17, 15) is 5.11 Å². The van der Waals surface area contributed by atoms with E-state index in [1.165, 1.54) is 0 Å². The first-order valence-corrected chi connectivity index (χ1v) is 13.3. The normalized spacial score (nSPS) is 14.1. The lowest BCUT2D eigenvalue weighted by molar-refractivity contribution is 0.402. The minimum Gasteiger partial charge on any atom is -0.507 e. The molecule has 0 saturated heterocycles. The van der Waals surface area contributed by atoms with Crippen molar-refractivity contribution in [3.05, 3.63) is 119 Å². The van der Waals surface area contributed by atoms with Crippen molar-refractivity contribution in [2.45, 2.75) is 12.8 Å². The number of aromatic hydroxyl groups is 1. The SMILES string of the molecule is Cc1nn(-c2cccc(Cl)c2)c2c1[C@H](c1cccnc1)c1c(ncn3nc(-c4cc5ccccc5cc4O)nc13)O2. The number of phenols is 1. The molecule has 4 aromatic heterocycles. The Labute approximate surface area is 238 Å². The number of benzene rings is 3. The molecule has 198 valence electrons. The van der Waals surface area contributed by atoms with Gasteiger partial charge in [0.15, 0.2) is 11.5 Å². The Morgan fingerprint density at radius 1 is 0.927 bits per heavy atom. The van der Waals surface area contributed by atoms with E-state index in [0.717, 1.165) is 38.8 Å². The number of pyridine rings is 1. The number of ether oxygens (including phenoxy) is 1. The summed E-state index contributed by atoms with van der Waals surface area (Å²) in [5.41, 5.74) is 5.19. The van der Waals surface area contributed by atoms with E-state index in [2.05, 4.69) is 9.97 Å². The highest BCUT2D eigenvalue weighted by molar-refractivity contribution is 6.30. The number of hydrogen-bond acceptors (Lipinski definition) is 7. The highest BCUT2D eigenvalue weighted by atomic mass is 35.5. The van der Waals surface area contributed by atoms with Crippen molar-refractivity contribution in [3.8, 4) is 34.6 Å². The largest absolute Gasteiger partial charge is 0.507 e. The van der Waals surface area contributed by atoms with E-state index in [1.807, 2.05) is 79.9 Å². The molecule has 1 N–H and O–H groups in total. The third-order valence-electron chi connectivity index (χ3n) is 7.40. The van der Waals surface area contributed by atoms with E-state index < -0.39 is 0 Å². The Bertz CT molecular complexity index is 2140. The van der Waals surface area contributed by atoms with E-state index in [1.54, 1.807) is 27.8 Å². The second kappa shape index (κ2) is 8.87. The van der Waals surface area contributed by atoms with Gasteiger partial charge in [-0.2, -0.15) is 5.10 Å². The molecular formula is C31H20ClN7O2. The van der Waals surface area contributed by atoms with Gasteiger partial charge in [0, 0.05) is 17.4 Å². The number of nitrogens with zero attached hydrogens (tertiary/aromatic N) is 7. The van der Waals surface area contributed by atoms with Crippen LogP contribution in [0.4, 0.5) is 0 Å². The van der Waals surface area contributed by atoms with E-state index in [-0.39, 0.29) is 11.7 Å². The first-order chi connectivity index (χ1) is 20.0. The highest BCUT2D eigenvalue weighted by Crippen LogP contribution is 2.49. The van der Waals surface area contributed by atoms with Crippen LogP contribution in [-0.2, 0) is 0 Å². The predicted molar refractivity (Wildman–Crippen MR) is 154 cm³/mol.